The van der Waals surface area contributed by atoms with Crippen molar-refractivity contribution in [2.24, 2.45) is 0 Å². The predicted octanol–water partition coefficient (Wildman–Crippen LogP) is 4.46. The van der Waals surface area contributed by atoms with E-state index in [9.17, 15) is 0 Å². The fourth-order valence-corrected chi connectivity index (χ4v) is 4.84. The third kappa shape index (κ3) is 3.58. The molecule has 1 aliphatic rings. The molecule has 2 heteroatoms. The molecule has 0 bridgehead atoms. The number of allylic oxidation sites excluding steroid dienone is 4. The Morgan fingerprint density at radius 3 is 1.93 bits per heavy atom. The molecule has 0 saturated carbocycles. The number of hydrogen-bond acceptors (Lipinski definition) is 0. The molecule has 0 N–H and O–H groups in total. The second-order valence-corrected chi connectivity index (χ2v) is 17.3. The molecule has 0 aromatic carbocycles. The van der Waals surface area contributed by atoms with Crippen LogP contribution in [0.3, 0.4) is 0 Å². The molecule has 0 unspecified atom stereocenters. The Morgan fingerprint density at radius 2 is 1.57 bits per heavy atom. The maximum absolute atomic E-state index is 2.46. The van der Waals surface area contributed by atoms with Gasteiger partial charge in [0.2, 0.25) is 0 Å². The van der Waals surface area contributed by atoms with Crippen molar-refractivity contribution in [3.63, 3.8) is 0 Å². The lowest BCUT2D eigenvalue weighted by molar-refractivity contribution is 1.18. The normalized spacial score (nSPS) is 18.1. The Bertz CT molecular complexity index is 272. The SMILES string of the molecule is C[Si](C)(C)CC1=CC=C([Si](C)(C)C)C1. The molecule has 0 aliphatic heterocycles. The van der Waals surface area contributed by atoms with E-state index in [1.165, 1.54) is 12.5 Å². The van der Waals surface area contributed by atoms with Gasteiger partial charge >= 0.3 is 0 Å². The summed E-state index contributed by atoms with van der Waals surface area (Å²) in [5.41, 5.74) is 1.70. The van der Waals surface area contributed by atoms with Crippen LogP contribution in [0.4, 0.5) is 0 Å². The van der Waals surface area contributed by atoms with E-state index in [0.717, 1.165) is 0 Å². The molecular formula is C12H24Si2. The minimum absolute atomic E-state index is 0.897. The zero-order valence-corrected chi connectivity index (χ0v) is 12.6. The van der Waals surface area contributed by atoms with Gasteiger partial charge in [-0.1, -0.05) is 62.2 Å². The highest BCUT2D eigenvalue weighted by Gasteiger charge is 2.24. The van der Waals surface area contributed by atoms with E-state index in [1.807, 2.05) is 0 Å². The van der Waals surface area contributed by atoms with Gasteiger partial charge in [-0.25, -0.2) is 0 Å². The summed E-state index contributed by atoms with van der Waals surface area (Å²) in [6.45, 7) is 14.7. The Balaban J connectivity index is 2.55. The van der Waals surface area contributed by atoms with Crippen LogP contribution in [0.1, 0.15) is 6.42 Å². The van der Waals surface area contributed by atoms with Gasteiger partial charge in [-0.05, 0) is 12.5 Å². The fraction of sp³-hybridized carbons (Fsp3) is 0.667. The van der Waals surface area contributed by atoms with Crippen molar-refractivity contribution >= 4 is 16.1 Å². The van der Waals surface area contributed by atoms with Crippen LogP contribution in [0, 0.1) is 0 Å². The van der Waals surface area contributed by atoms with Gasteiger partial charge in [-0.3, -0.25) is 0 Å². The lowest BCUT2D eigenvalue weighted by atomic mass is 10.3. The van der Waals surface area contributed by atoms with Crippen molar-refractivity contribution in [1.82, 2.24) is 0 Å². The van der Waals surface area contributed by atoms with E-state index in [0.29, 0.717) is 0 Å². The van der Waals surface area contributed by atoms with Crippen molar-refractivity contribution in [3.05, 3.63) is 22.9 Å². The first-order valence-corrected chi connectivity index (χ1v) is 12.8. The topological polar surface area (TPSA) is 0 Å². The fourth-order valence-electron chi connectivity index (χ4n) is 1.90. The third-order valence-electron chi connectivity index (χ3n) is 2.66. The summed E-state index contributed by atoms with van der Waals surface area (Å²) in [6.07, 6.45) is 6.09. The Morgan fingerprint density at radius 1 is 1.00 bits per heavy atom. The molecule has 0 nitrogen and oxygen atoms in total. The van der Waals surface area contributed by atoms with Gasteiger partial charge in [0, 0.05) is 8.07 Å². The average molecular weight is 224 g/mol. The summed E-state index contributed by atoms with van der Waals surface area (Å²) in [5.74, 6) is 0. The molecule has 0 atom stereocenters. The summed E-state index contributed by atoms with van der Waals surface area (Å²) < 4.78 is 0. The zero-order chi connectivity index (χ0) is 11.0. The zero-order valence-electron chi connectivity index (χ0n) is 10.6. The van der Waals surface area contributed by atoms with Crippen molar-refractivity contribution in [2.75, 3.05) is 0 Å². The third-order valence-corrected chi connectivity index (χ3v) is 6.44. The van der Waals surface area contributed by atoms with Crippen molar-refractivity contribution < 1.29 is 0 Å². The molecule has 1 aliphatic carbocycles. The van der Waals surface area contributed by atoms with E-state index in [-0.39, 0.29) is 0 Å². The summed E-state index contributed by atoms with van der Waals surface area (Å²) in [4.78, 5) is 0. The van der Waals surface area contributed by atoms with E-state index in [2.05, 4.69) is 51.4 Å². The van der Waals surface area contributed by atoms with Gasteiger partial charge < -0.3 is 0 Å². The van der Waals surface area contributed by atoms with E-state index in [4.69, 9.17) is 0 Å². The highest BCUT2D eigenvalue weighted by Crippen LogP contribution is 2.31. The molecule has 0 radical (unpaired) electrons. The summed E-state index contributed by atoms with van der Waals surface area (Å²) >= 11 is 0. The van der Waals surface area contributed by atoms with Crippen LogP contribution in [0.25, 0.3) is 0 Å². The molecule has 0 spiro atoms. The maximum atomic E-state index is 2.46. The van der Waals surface area contributed by atoms with E-state index >= 15 is 0 Å². The number of hydrogen-bond donors (Lipinski definition) is 0. The van der Waals surface area contributed by atoms with Crippen LogP contribution in [-0.2, 0) is 0 Å². The summed E-state index contributed by atoms with van der Waals surface area (Å²) in [7, 11) is -1.91. The minimum Gasteiger partial charge on any atom is -0.0771 e. The average Bonchev–Trinajstić information content (AvgIpc) is 2.29. The molecule has 14 heavy (non-hydrogen) atoms. The van der Waals surface area contributed by atoms with E-state index < -0.39 is 16.1 Å². The van der Waals surface area contributed by atoms with Crippen molar-refractivity contribution in [1.29, 1.82) is 0 Å². The summed E-state index contributed by atoms with van der Waals surface area (Å²) in [6, 6.07) is 1.39. The molecule has 0 amide bonds. The van der Waals surface area contributed by atoms with Crippen LogP contribution in [0.5, 0.6) is 0 Å². The number of rotatable bonds is 3. The maximum Gasteiger partial charge on any atom is 0.0728 e. The van der Waals surface area contributed by atoms with Gasteiger partial charge in [0.15, 0.2) is 0 Å². The Kier molecular flexibility index (Phi) is 3.27. The molecule has 80 valence electrons. The van der Waals surface area contributed by atoms with Crippen LogP contribution in [-0.4, -0.2) is 16.1 Å². The smallest absolute Gasteiger partial charge is 0.0728 e. The highest BCUT2D eigenvalue weighted by molar-refractivity contribution is 6.83. The molecular weight excluding hydrogens is 200 g/mol. The molecule has 0 saturated heterocycles. The van der Waals surface area contributed by atoms with Gasteiger partial charge in [0.1, 0.15) is 0 Å². The first kappa shape index (κ1) is 12.0. The van der Waals surface area contributed by atoms with Gasteiger partial charge in [0.25, 0.3) is 0 Å². The van der Waals surface area contributed by atoms with E-state index in [1.54, 1.807) is 10.8 Å². The minimum atomic E-state index is -1.02. The lowest BCUT2D eigenvalue weighted by Crippen LogP contribution is -2.24. The molecule has 0 aromatic heterocycles. The van der Waals surface area contributed by atoms with Gasteiger partial charge in [0.05, 0.1) is 8.07 Å². The Hall–Kier alpha value is -0.0862. The lowest BCUT2D eigenvalue weighted by Gasteiger charge is -2.21. The molecule has 0 fully saturated rings. The first-order chi connectivity index (χ1) is 6.18. The summed E-state index contributed by atoms with van der Waals surface area (Å²) in [5, 5.41) is 1.74. The largest absolute Gasteiger partial charge is 0.0771 e. The standard InChI is InChI=1S/C12H24Si2/c1-13(2,3)10-11-7-8-12(9-11)14(4,5)6/h7-8H,9-10H2,1-6H3. The Labute approximate surface area is 91.1 Å². The van der Waals surface area contributed by atoms with Crippen LogP contribution >= 0.6 is 0 Å². The van der Waals surface area contributed by atoms with Crippen LogP contribution < -0.4 is 0 Å². The second kappa shape index (κ2) is 3.82. The monoisotopic (exact) mass is 224 g/mol. The van der Waals surface area contributed by atoms with Crippen LogP contribution in [0.15, 0.2) is 22.9 Å². The van der Waals surface area contributed by atoms with Gasteiger partial charge in [-0.2, -0.15) is 0 Å². The second-order valence-electron chi connectivity index (χ2n) is 6.68. The van der Waals surface area contributed by atoms with Crippen molar-refractivity contribution in [3.8, 4) is 0 Å². The molecule has 0 heterocycles. The molecule has 0 aromatic rings. The van der Waals surface area contributed by atoms with Crippen molar-refractivity contribution in [2.45, 2.75) is 51.7 Å². The quantitative estimate of drug-likeness (QED) is 0.621. The predicted molar refractivity (Wildman–Crippen MR) is 72.3 cm³/mol. The van der Waals surface area contributed by atoms with Gasteiger partial charge in [-0.15, -0.1) is 0 Å². The molecule has 1 rings (SSSR count). The first-order valence-electron chi connectivity index (χ1n) is 5.57. The van der Waals surface area contributed by atoms with Crippen LogP contribution in [0.2, 0.25) is 45.3 Å². The highest BCUT2D eigenvalue weighted by atomic mass is 28.3.